The maximum Gasteiger partial charge on any atom is 0.257 e. The number of hydrogen-bond acceptors (Lipinski definition) is 2. The molecule has 110 valence electrons. The van der Waals surface area contributed by atoms with Gasteiger partial charge in [-0.1, -0.05) is 48.0 Å². The van der Waals surface area contributed by atoms with Crippen LogP contribution in [0.25, 0.3) is 11.3 Å². The number of carbonyl (C=O) groups excluding carboxylic acids is 1. The summed E-state index contributed by atoms with van der Waals surface area (Å²) in [5.41, 5.74) is 3.86. The predicted octanol–water partition coefficient (Wildman–Crippen LogP) is 3.65. The Balaban J connectivity index is 1.85. The van der Waals surface area contributed by atoms with E-state index in [4.69, 9.17) is 0 Å². The zero-order valence-corrected chi connectivity index (χ0v) is 12.6. The third kappa shape index (κ3) is 2.76. The largest absolute Gasteiger partial charge is 0.313 e. The summed E-state index contributed by atoms with van der Waals surface area (Å²) in [6.07, 6.45) is 1.77. The lowest BCUT2D eigenvalue weighted by molar-refractivity contribution is 0.102. The molecule has 4 nitrogen and oxygen atoms in total. The summed E-state index contributed by atoms with van der Waals surface area (Å²) in [7, 11) is 1.89. The molecule has 0 radical (unpaired) electrons. The molecule has 0 aliphatic rings. The highest BCUT2D eigenvalue weighted by atomic mass is 16.1. The van der Waals surface area contributed by atoms with Crippen LogP contribution in [0.15, 0.2) is 60.8 Å². The van der Waals surface area contributed by atoms with E-state index in [0.29, 0.717) is 11.5 Å². The van der Waals surface area contributed by atoms with Gasteiger partial charge in [0.05, 0.1) is 11.9 Å². The molecule has 22 heavy (non-hydrogen) atoms. The third-order valence-corrected chi connectivity index (χ3v) is 3.60. The van der Waals surface area contributed by atoms with Gasteiger partial charge < -0.3 is 4.57 Å². The minimum absolute atomic E-state index is 0.162. The van der Waals surface area contributed by atoms with Gasteiger partial charge in [-0.25, -0.2) is 4.98 Å². The molecule has 0 saturated heterocycles. The lowest BCUT2D eigenvalue weighted by Crippen LogP contribution is -2.15. The summed E-state index contributed by atoms with van der Waals surface area (Å²) in [5.74, 6) is 0.370. The highest BCUT2D eigenvalue weighted by Gasteiger charge is 2.12. The van der Waals surface area contributed by atoms with Gasteiger partial charge in [-0.05, 0) is 24.6 Å². The first-order valence-electron chi connectivity index (χ1n) is 7.10. The molecule has 0 bridgehead atoms. The molecule has 3 aromatic rings. The van der Waals surface area contributed by atoms with Gasteiger partial charge in [-0.3, -0.25) is 10.1 Å². The number of amides is 1. The molecular weight excluding hydrogens is 274 g/mol. The van der Waals surface area contributed by atoms with Crippen molar-refractivity contribution in [2.24, 2.45) is 7.05 Å². The van der Waals surface area contributed by atoms with E-state index in [1.165, 1.54) is 5.56 Å². The van der Waals surface area contributed by atoms with Crippen LogP contribution in [0.3, 0.4) is 0 Å². The lowest BCUT2D eigenvalue weighted by Gasteiger charge is -2.08. The van der Waals surface area contributed by atoms with Crippen molar-refractivity contribution in [2.75, 3.05) is 5.32 Å². The molecule has 1 amide bonds. The molecule has 0 aliphatic carbocycles. The molecule has 0 unspecified atom stereocenters. The summed E-state index contributed by atoms with van der Waals surface area (Å²) in [5, 5.41) is 2.84. The first-order chi connectivity index (χ1) is 10.6. The number of aromatic nitrogens is 2. The Bertz CT molecular complexity index is 789. The van der Waals surface area contributed by atoms with Gasteiger partial charge in [0, 0.05) is 12.6 Å². The van der Waals surface area contributed by atoms with Crippen LogP contribution in [0, 0.1) is 6.92 Å². The van der Waals surface area contributed by atoms with E-state index >= 15 is 0 Å². The van der Waals surface area contributed by atoms with Crippen LogP contribution in [0.5, 0.6) is 0 Å². The Kier molecular flexibility index (Phi) is 3.74. The molecule has 0 spiro atoms. The fourth-order valence-electron chi connectivity index (χ4n) is 2.28. The van der Waals surface area contributed by atoms with Crippen molar-refractivity contribution >= 4 is 11.9 Å². The van der Waals surface area contributed by atoms with Crippen molar-refractivity contribution in [3.8, 4) is 11.3 Å². The smallest absolute Gasteiger partial charge is 0.257 e. The van der Waals surface area contributed by atoms with Gasteiger partial charge in [0.25, 0.3) is 5.91 Å². The number of anilines is 1. The van der Waals surface area contributed by atoms with E-state index < -0.39 is 0 Å². The number of nitrogens with zero attached hydrogens (tertiary/aromatic N) is 2. The summed E-state index contributed by atoms with van der Waals surface area (Å²) in [6, 6.07) is 17.3. The van der Waals surface area contributed by atoms with Crippen molar-refractivity contribution in [3.05, 3.63) is 71.9 Å². The highest BCUT2D eigenvalue weighted by molar-refractivity contribution is 6.03. The van der Waals surface area contributed by atoms with E-state index in [2.05, 4.69) is 41.5 Å². The molecule has 0 saturated carbocycles. The Labute approximate surface area is 129 Å². The summed E-state index contributed by atoms with van der Waals surface area (Å²) in [4.78, 5) is 16.5. The maximum atomic E-state index is 12.2. The van der Waals surface area contributed by atoms with Gasteiger partial charge in [-0.2, -0.15) is 0 Å². The van der Waals surface area contributed by atoms with Crippen LogP contribution < -0.4 is 5.32 Å². The first kappa shape index (κ1) is 14.1. The van der Waals surface area contributed by atoms with E-state index in [1.54, 1.807) is 18.3 Å². The Morgan fingerprint density at radius 1 is 1.05 bits per heavy atom. The van der Waals surface area contributed by atoms with Crippen LogP contribution in [-0.4, -0.2) is 15.5 Å². The van der Waals surface area contributed by atoms with Crippen molar-refractivity contribution in [1.29, 1.82) is 0 Å². The van der Waals surface area contributed by atoms with Gasteiger partial charge in [0.1, 0.15) is 0 Å². The van der Waals surface area contributed by atoms with Crippen molar-refractivity contribution in [1.82, 2.24) is 9.55 Å². The highest BCUT2D eigenvalue weighted by Crippen LogP contribution is 2.22. The maximum absolute atomic E-state index is 12.2. The first-order valence-corrected chi connectivity index (χ1v) is 7.10. The quantitative estimate of drug-likeness (QED) is 0.800. The molecule has 1 aromatic heterocycles. The second-order valence-corrected chi connectivity index (χ2v) is 5.21. The number of carbonyl (C=O) groups is 1. The third-order valence-electron chi connectivity index (χ3n) is 3.60. The normalized spacial score (nSPS) is 10.5. The minimum atomic E-state index is -0.162. The molecule has 1 N–H and O–H groups in total. The Morgan fingerprint density at radius 2 is 1.73 bits per heavy atom. The summed E-state index contributed by atoms with van der Waals surface area (Å²) >= 11 is 0. The molecule has 0 atom stereocenters. The number of nitrogens with one attached hydrogen (secondary N) is 1. The zero-order valence-electron chi connectivity index (χ0n) is 12.6. The van der Waals surface area contributed by atoms with Crippen molar-refractivity contribution in [3.63, 3.8) is 0 Å². The van der Waals surface area contributed by atoms with Crippen LogP contribution in [0.4, 0.5) is 5.95 Å². The van der Waals surface area contributed by atoms with E-state index in [1.807, 2.05) is 29.8 Å². The standard InChI is InChI=1S/C18H17N3O/c1-13-8-10-14(11-9-13)16-12-19-18(21(16)2)20-17(22)15-6-4-3-5-7-15/h3-12H,1-2H3,(H,19,20,22). The van der Waals surface area contributed by atoms with Gasteiger partial charge >= 0.3 is 0 Å². The number of aryl methyl sites for hydroxylation is 1. The molecule has 0 aliphatic heterocycles. The Morgan fingerprint density at radius 3 is 2.41 bits per heavy atom. The van der Waals surface area contributed by atoms with Crippen molar-refractivity contribution in [2.45, 2.75) is 6.92 Å². The number of imidazole rings is 1. The van der Waals surface area contributed by atoms with Gasteiger partial charge in [0.2, 0.25) is 5.95 Å². The molecule has 3 rings (SSSR count). The average Bonchev–Trinajstić information content (AvgIpc) is 2.90. The second-order valence-electron chi connectivity index (χ2n) is 5.21. The van der Waals surface area contributed by atoms with E-state index in [-0.39, 0.29) is 5.91 Å². The van der Waals surface area contributed by atoms with Crippen molar-refractivity contribution < 1.29 is 4.79 Å². The molecule has 1 heterocycles. The van der Waals surface area contributed by atoms with Crippen LogP contribution in [0.1, 0.15) is 15.9 Å². The van der Waals surface area contributed by atoms with Crippen LogP contribution in [-0.2, 0) is 7.05 Å². The number of benzene rings is 2. The van der Waals surface area contributed by atoms with Crippen LogP contribution >= 0.6 is 0 Å². The monoisotopic (exact) mass is 291 g/mol. The molecule has 2 aromatic carbocycles. The Hall–Kier alpha value is -2.88. The molecule has 0 fully saturated rings. The zero-order chi connectivity index (χ0) is 15.5. The van der Waals surface area contributed by atoms with E-state index in [9.17, 15) is 4.79 Å². The fraction of sp³-hybridized carbons (Fsp3) is 0.111. The molecular formula is C18H17N3O. The summed E-state index contributed by atoms with van der Waals surface area (Å²) in [6.45, 7) is 2.05. The SMILES string of the molecule is Cc1ccc(-c2cnc(NC(=O)c3ccccc3)n2C)cc1. The topological polar surface area (TPSA) is 46.9 Å². The number of hydrogen-bond donors (Lipinski definition) is 1. The average molecular weight is 291 g/mol. The van der Waals surface area contributed by atoms with Gasteiger partial charge in [-0.15, -0.1) is 0 Å². The van der Waals surface area contributed by atoms with E-state index in [0.717, 1.165) is 11.3 Å². The lowest BCUT2D eigenvalue weighted by atomic mass is 10.1. The second kappa shape index (κ2) is 5.85. The van der Waals surface area contributed by atoms with Gasteiger partial charge in [0.15, 0.2) is 0 Å². The minimum Gasteiger partial charge on any atom is -0.313 e. The number of rotatable bonds is 3. The fourth-order valence-corrected chi connectivity index (χ4v) is 2.28. The molecule has 4 heteroatoms. The summed E-state index contributed by atoms with van der Waals surface area (Å²) < 4.78 is 1.88. The predicted molar refractivity (Wildman–Crippen MR) is 87.8 cm³/mol. The van der Waals surface area contributed by atoms with Crippen LogP contribution in [0.2, 0.25) is 0 Å².